The fourth-order valence-electron chi connectivity index (χ4n) is 3.21. The fraction of sp³-hybridized carbons (Fsp3) is 0.692. The smallest absolute Gasteiger partial charge is 0.334 e. The summed E-state index contributed by atoms with van der Waals surface area (Å²) in [5.74, 6) is -1.47. The molecule has 6 nitrogen and oxygen atoms in total. The minimum absolute atomic E-state index is 0.0112. The minimum atomic E-state index is -1.01. The zero-order valence-electron chi connectivity index (χ0n) is 10.6. The summed E-state index contributed by atoms with van der Waals surface area (Å²) in [5, 5.41) is 8.86. The lowest BCUT2D eigenvalue weighted by atomic mass is 9.76. The van der Waals surface area contributed by atoms with Crippen LogP contribution >= 0.6 is 0 Å². The maximum atomic E-state index is 11.9. The number of hydrogen-bond acceptors (Lipinski definition) is 5. The second-order valence-corrected chi connectivity index (χ2v) is 5.28. The minimum Gasteiger partial charge on any atom is -0.481 e. The van der Waals surface area contributed by atoms with Gasteiger partial charge in [-0.2, -0.15) is 0 Å². The molecule has 0 aromatic heterocycles. The molecule has 0 radical (unpaired) electrons. The van der Waals surface area contributed by atoms with Gasteiger partial charge in [-0.05, 0) is 13.3 Å². The Morgan fingerprint density at radius 2 is 1.95 bits per heavy atom. The van der Waals surface area contributed by atoms with Crippen molar-refractivity contribution in [3.63, 3.8) is 0 Å². The third-order valence-electron chi connectivity index (χ3n) is 4.24. The molecule has 1 N–H and O–H groups in total. The highest BCUT2D eigenvalue weighted by Gasteiger charge is 2.46. The molecule has 0 bridgehead atoms. The summed E-state index contributed by atoms with van der Waals surface area (Å²) < 4.78 is 16.3. The van der Waals surface area contributed by atoms with Gasteiger partial charge in [-0.25, -0.2) is 4.79 Å². The molecule has 19 heavy (non-hydrogen) atoms. The van der Waals surface area contributed by atoms with E-state index in [-0.39, 0.29) is 43.0 Å². The van der Waals surface area contributed by atoms with Crippen LogP contribution in [0.1, 0.15) is 26.2 Å². The largest absolute Gasteiger partial charge is 0.481 e. The van der Waals surface area contributed by atoms with E-state index in [0.29, 0.717) is 6.42 Å². The first kappa shape index (κ1) is 12.6. The Kier molecular flexibility index (Phi) is 3.06. The van der Waals surface area contributed by atoms with Gasteiger partial charge in [0.15, 0.2) is 0 Å². The topological polar surface area (TPSA) is 82.1 Å². The molecule has 6 heteroatoms. The van der Waals surface area contributed by atoms with Crippen molar-refractivity contribution in [3.8, 4) is 0 Å². The van der Waals surface area contributed by atoms with Crippen molar-refractivity contribution in [3.05, 3.63) is 11.1 Å². The predicted molar refractivity (Wildman–Crippen MR) is 62.2 cm³/mol. The highest BCUT2D eigenvalue weighted by molar-refractivity contribution is 5.95. The first-order valence-corrected chi connectivity index (χ1v) is 6.42. The van der Waals surface area contributed by atoms with Crippen LogP contribution in [0.2, 0.25) is 0 Å². The van der Waals surface area contributed by atoms with Gasteiger partial charge in [0.1, 0.15) is 12.9 Å². The number of carbonyl (C=O) groups is 2. The Hall–Kier alpha value is -1.40. The number of fused-ring (bicyclic) bond motifs is 2. The van der Waals surface area contributed by atoms with Crippen LogP contribution in [0.25, 0.3) is 0 Å². The molecule has 104 valence electrons. The van der Waals surface area contributed by atoms with E-state index >= 15 is 0 Å². The van der Waals surface area contributed by atoms with Crippen LogP contribution < -0.4 is 0 Å². The van der Waals surface area contributed by atoms with Crippen molar-refractivity contribution in [1.82, 2.24) is 0 Å². The highest BCUT2D eigenvalue weighted by atomic mass is 16.7. The molecule has 0 amide bonds. The monoisotopic (exact) mass is 268 g/mol. The lowest BCUT2D eigenvalue weighted by Crippen LogP contribution is -2.46. The molecule has 0 aromatic rings. The zero-order chi connectivity index (χ0) is 13.6. The summed E-state index contributed by atoms with van der Waals surface area (Å²) in [6, 6.07) is 0. The maximum Gasteiger partial charge on any atom is 0.334 e. The molecule has 0 spiro atoms. The van der Waals surface area contributed by atoms with Crippen LogP contribution in [0.5, 0.6) is 0 Å². The first-order chi connectivity index (χ1) is 9.06. The maximum absolute atomic E-state index is 11.9. The molecule has 4 unspecified atom stereocenters. The molecule has 3 rings (SSSR count). The fourth-order valence-corrected chi connectivity index (χ4v) is 3.21. The molecule has 1 aliphatic carbocycles. The second-order valence-electron chi connectivity index (χ2n) is 5.28. The van der Waals surface area contributed by atoms with E-state index in [1.807, 2.05) is 6.92 Å². The van der Waals surface area contributed by atoms with Crippen molar-refractivity contribution < 1.29 is 28.9 Å². The van der Waals surface area contributed by atoms with Crippen LogP contribution in [0.3, 0.4) is 0 Å². The number of ether oxygens (including phenoxy) is 3. The Morgan fingerprint density at radius 3 is 2.63 bits per heavy atom. The van der Waals surface area contributed by atoms with E-state index in [1.54, 1.807) is 0 Å². The van der Waals surface area contributed by atoms with Gasteiger partial charge in [-0.1, -0.05) is 5.57 Å². The summed E-state index contributed by atoms with van der Waals surface area (Å²) in [7, 11) is 0. The van der Waals surface area contributed by atoms with E-state index in [9.17, 15) is 9.59 Å². The van der Waals surface area contributed by atoms with E-state index in [2.05, 4.69) is 0 Å². The second kappa shape index (κ2) is 4.61. The van der Waals surface area contributed by atoms with Gasteiger partial charge in [0.05, 0.1) is 18.6 Å². The number of esters is 1. The van der Waals surface area contributed by atoms with Crippen LogP contribution in [0.15, 0.2) is 11.1 Å². The average Bonchev–Trinajstić information content (AvgIpc) is 2.79. The van der Waals surface area contributed by atoms with E-state index in [0.717, 1.165) is 12.0 Å². The lowest BCUT2D eigenvalue weighted by Gasteiger charge is -2.40. The standard InChI is InChI=1S/C13H16O6/c1-6-7-2-10-11(18-5-17-10)4-9(7)19-13(16)8(6)3-12(14)15/h7,9-11H,2-5H2,1H3,(H,14,15). The Bertz CT molecular complexity index is 454. The summed E-state index contributed by atoms with van der Waals surface area (Å²) in [6.45, 7) is 2.11. The summed E-state index contributed by atoms with van der Waals surface area (Å²) in [4.78, 5) is 22.7. The van der Waals surface area contributed by atoms with Crippen LogP contribution in [-0.2, 0) is 23.8 Å². The lowest BCUT2D eigenvalue weighted by molar-refractivity contribution is -0.155. The number of aliphatic carboxylic acids is 1. The van der Waals surface area contributed by atoms with E-state index in [1.165, 1.54) is 0 Å². The van der Waals surface area contributed by atoms with Crippen molar-refractivity contribution >= 4 is 11.9 Å². The molecule has 2 heterocycles. The molecule has 1 saturated heterocycles. The quantitative estimate of drug-likeness (QED) is 0.748. The SMILES string of the molecule is CC1=C(CC(=O)O)C(=O)OC2CC3OCOC3CC12. The highest BCUT2D eigenvalue weighted by Crippen LogP contribution is 2.41. The van der Waals surface area contributed by atoms with Gasteiger partial charge in [0.2, 0.25) is 0 Å². The van der Waals surface area contributed by atoms with Gasteiger partial charge in [-0.3, -0.25) is 4.79 Å². The third kappa shape index (κ3) is 2.15. The summed E-state index contributed by atoms with van der Waals surface area (Å²) >= 11 is 0. The molecule has 0 aromatic carbocycles. The van der Waals surface area contributed by atoms with Crippen molar-refractivity contribution in [2.45, 2.75) is 44.5 Å². The van der Waals surface area contributed by atoms with Crippen molar-refractivity contribution in [2.24, 2.45) is 5.92 Å². The number of carbonyl (C=O) groups excluding carboxylic acids is 1. The zero-order valence-corrected chi connectivity index (χ0v) is 10.6. The van der Waals surface area contributed by atoms with Crippen LogP contribution in [-0.4, -0.2) is 42.1 Å². The van der Waals surface area contributed by atoms with Gasteiger partial charge in [-0.15, -0.1) is 0 Å². The predicted octanol–water partition coefficient (Wildman–Crippen LogP) is 0.855. The number of rotatable bonds is 2. The summed E-state index contributed by atoms with van der Waals surface area (Å²) in [5.41, 5.74) is 1.11. The van der Waals surface area contributed by atoms with E-state index < -0.39 is 11.9 Å². The van der Waals surface area contributed by atoms with Crippen molar-refractivity contribution in [2.75, 3.05) is 6.79 Å². The molecule has 1 saturated carbocycles. The third-order valence-corrected chi connectivity index (χ3v) is 4.24. The first-order valence-electron chi connectivity index (χ1n) is 6.42. The van der Waals surface area contributed by atoms with Crippen LogP contribution in [0.4, 0.5) is 0 Å². The summed E-state index contributed by atoms with van der Waals surface area (Å²) in [6.07, 6.45) is 0.866. The normalized spacial score (nSPS) is 37.6. The molecule has 3 aliphatic rings. The Balaban J connectivity index is 1.86. The average molecular weight is 268 g/mol. The molecular weight excluding hydrogens is 252 g/mol. The van der Waals surface area contributed by atoms with Gasteiger partial charge in [0.25, 0.3) is 0 Å². The number of carboxylic acids is 1. The number of hydrogen-bond donors (Lipinski definition) is 1. The van der Waals surface area contributed by atoms with E-state index in [4.69, 9.17) is 19.3 Å². The van der Waals surface area contributed by atoms with Gasteiger partial charge < -0.3 is 19.3 Å². The molecule has 4 atom stereocenters. The Labute approximate surface area is 110 Å². The van der Waals surface area contributed by atoms with Crippen LogP contribution in [0, 0.1) is 5.92 Å². The molecular formula is C13H16O6. The molecule has 2 fully saturated rings. The number of carboxylic acid groups (broad SMARTS) is 1. The van der Waals surface area contributed by atoms with Gasteiger partial charge >= 0.3 is 11.9 Å². The van der Waals surface area contributed by atoms with Gasteiger partial charge in [0, 0.05) is 17.9 Å². The Morgan fingerprint density at radius 1 is 1.26 bits per heavy atom. The molecule has 2 aliphatic heterocycles. The van der Waals surface area contributed by atoms with Crippen molar-refractivity contribution in [1.29, 1.82) is 0 Å².